The van der Waals surface area contributed by atoms with Crippen molar-refractivity contribution in [2.45, 2.75) is 6.92 Å². The Balaban J connectivity index is 1.90. The second-order valence-electron chi connectivity index (χ2n) is 5.02. The molecule has 0 fully saturated rings. The van der Waals surface area contributed by atoms with Gasteiger partial charge in [0.25, 0.3) is 17.5 Å². The summed E-state index contributed by atoms with van der Waals surface area (Å²) >= 11 is 0. The van der Waals surface area contributed by atoms with Crippen LogP contribution in [0, 0.1) is 17.0 Å². The van der Waals surface area contributed by atoms with E-state index in [9.17, 15) is 19.7 Å². The first-order valence-corrected chi connectivity index (χ1v) is 6.76. The second-order valence-corrected chi connectivity index (χ2v) is 5.02. The summed E-state index contributed by atoms with van der Waals surface area (Å²) < 4.78 is 0. The van der Waals surface area contributed by atoms with E-state index in [2.05, 4.69) is 5.10 Å². The maximum Gasteiger partial charge on any atom is 0.282 e. The van der Waals surface area contributed by atoms with Gasteiger partial charge in [-0.1, -0.05) is 24.3 Å². The molecule has 1 aliphatic rings. The van der Waals surface area contributed by atoms with Crippen LogP contribution in [0.2, 0.25) is 0 Å². The largest absolute Gasteiger partial charge is 0.282 e. The van der Waals surface area contributed by atoms with Crippen molar-refractivity contribution in [1.82, 2.24) is 5.01 Å². The third-order valence-corrected chi connectivity index (χ3v) is 3.52. The second kappa shape index (κ2) is 5.45. The van der Waals surface area contributed by atoms with Gasteiger partial charge in [0.05, 0.1) is 22.3 Å². The van der Waals surface area contributed by atoms with Crippen molar-refractivity contribution in [3.63, 3.8) is 0 Å². The Labute approximate surface area is 131 Å². The number of nitro groups is 1. The zero-order valence-electron chi connectivity index (χ0n) is 12.1. The lowest BCUT2D eigenvalue weighted by Crippen LogP contribution is -2.24. The average Bonchev–Trinajstić information content (AvgIpc) is 2.78. The number of carbonyl (C=O) groups excluding carboxylic acids is 2. The number of fused-ring (bicyclic) bond motifs is 1. The molecule has 7 nitrogen and oxygen atoms in total. The molecular formula is C16H11N3O4. The molecule has 1 aliphatic heterocycles. The number of imide groups is 1. The number of hydrogen-bond donors (Lipinski definition) is 0. The molecule has 114 valence electrons. The first-order valence-electron chi connectivity index (χ1n) is 6.76. The lowest BCUT2D eigenvalue weighted by molar-refractivity contribution is -0.385. The van der Waals surface area contributed by atoms with Crippen molar-refractivity contribution in [2.24, 2.45) is 5.10 Å². The van der Waals surface area contributed by atoms with E-state index in [1.165, 1.54) is 12.3 Å². The van der Waals surface area contributed by atoms with Gasteiger partial charge in [-0.15, -0.1) is 0 Å². The molecule has 1 heterocycles. The Morgan fingerprint density at radius 3 is 2.26 bits per heavy atom. The van der Waals surface area contributed by atoms with Crippen molar-refractivity contribution in [3.8, 4) is 0 Å². The van der Waals surface area contributed by atoms with Gasteiger partial charge < -0.3 is 0 Å². The first kappa shape index (κ1) is 14.6. The van der Waals surface area contributed by atoms with Crippen molar-refractivity contribution in [3.05, 3.63) is 74.8 Å². The highest BCUT2D eigenvalue weighted by atomic mass is 16.6. The normalized spacial score (nSPS) is 13.7. The summed E-state index contributed by atoms with van der Waals surface area (Å²) in [7, 11) is 0. The molecule has 0 N–H and O–H groups in total. The highest BCUT2D eigenvalue weighted by Crippen LogP contribution is 2.23. The van der Waals surface area contributed by atoms with Crippen LogP contribution in [-0.4, -0.2) is 28.0 Å². The molecule has 2 amide bonds. The lowest BCUT2D eigenvalue weighted by atomic mass is 10.1. The third-order valence-electron chi connectivity index (χ3n) is 3.52. The van der Waals surface area contributed by atoms with Crippen LogP contribution in [-0.2, 0) is 0 Å². The highest BCUT2D eigenvalue weighted by Gasteiger charge is 2.35. The summed E-state index contributed by atoms with van der Waals surface area (Å²) in [5, 5.41) is 15.6. The molecule has 0 aromatic heterocycles. The standard InChI is InChI=1S/C16H11N3O4/c1-10-6-7-11(8-14(10)19(22)23)9-17-18-15(20)12-4-2-3-5-13(12)16(18)21/h2-9H,1H3/b17-9-. The number of amides is 2. The highest BCUT2D eigenvalue weighted by molar-refractivity contribution is 6.21. The molecule has 0 radical (unpaired) electrons. The van der Waals surface area contributed by atoms with E-state index in [-0.39, 0.29) is 5.69 Å². The smallest absolute Gasteiger partial charge is 0.267 e. The van der Waals surface area contributed by atoms with E-state index in [1.807, 2.05) is 0 Å². The molecule has 0 unspecified atom stereocenters. The molecule has 0 saturated carbocycles. The fourth-order valence-electron chi connectivity index (χ4n) is 2.31. The topological polar surface area (TPSA) is 92.9 Å². The van der Waals surface area contributed by atoms with Crippen LogP contribution in [0.25, 0.3) is 0 Å². The van der Waals surface area contributed by atoms with Gasteiger partial charge in [-0.2, -0.15) is 10.1 Å². The quantitative estimate of drug-likeness (QED) is 0.377. The maximum absolute atomic E-state index is 12.1. The fraction of sp³-hybridized carbons (Fsp3) is 0.0625. The zero-order valence-corrected chi connectivity index (χ0v) is 12.1. The minimum absolute atomic E-state index is 0.0451. The van der Waals surface area contributed by atoms with E-state index < -0.39 is 16.7 Å². The van der Waals surface area contributed by atoms with Crippen LogP contribution < -0.4 is 0 Å². The van der Waals surface area contributed by atoms with Gasteiger partial charge in [0, 0.05) is 17.2 Å². The van der Waals surface area contributed by atoms with Gasteiger partial charge in [0.1, 0.15) is 0 Å². The number of nitrogens with zero attached hydrogens (tertiary/aromatic N) is 3. The van der Waals surface area contributed by atoms with Gasteiger partial charge in [-0.05, 0) is 19.1 Å². The predicted octanol–water partition coefficient (Wildman–Crippen LogP) is 2.53. The van der Waals surface area contributed by atoms with Crippen molar-refractivity contribution < 1.29 is 14.5 Å². The van der Waals surface area contributed by atoms with Crippen molar-refractivity contribution in [1.29, 1.82) is 0 Å². The maximum atomic E-state index is 12.1. The average molecular weight is 309 g/mol. The van der Waals surface area contributed by atoms with Crippen molar-refractivity contribution in [2.75, 3.05) is 0 Å². The number of carbonyl (C=O) groups is 2. The number of rotatable bonds is 3. The van der Waals surface area contributed by atoms with Crippen LogP contribution >= 0.6 is 0 Å². The van der Waals surface area contributed by atoms with Crippen LogP contribution in [0.1, 0.15) is 31.8 Å². The summed E-state index contributed by atoms with van der Waals surface area (Å²) in [4.78, 5) is 34.7. The van der Waals surface area contributed by atoms with Crippen LogP contribution in [0.5, 0.6) is 0 Å². The first-order chi connectivity index (χ1) is 11.0. The van der Waals surface area contributed by atoms with E-state index in [1.54, 1.807) is 43.3 Å². The molecule has 2 aromatic carbocycles. The van der Waals surface area contributed by atoms with E-state index in [4.69, 9.17) is 0 Å². The van der Waals surface area contributed by atoms with Crippen LogP contribution in [0.4, 0.5) is 5.69 Å². The molecule has 0 spiro atoms. The van der Waals surface area contributed by atoms with Crippen molar-refractivity contribution >= 4 is 23.7 Å². The Morgan fingerprint density at radius 2 is 1.70 bits per heavy atom. The van der Waals surface area contributed by atoms with E-state index in [0.717, 1.165) is 5.01 Å². The molecule has 23 heavy (non-hydrogen) atoms. The molecule has 0 bridgehead atoms. The van der Waals surface area contributed by atoms with Gasteiger partial charge in [0.15, 0.2) is 0 Å². The minimum atomic E-state index is -0.511. The molecule has 0 atom stereocenters. The summed E-state index contributed by atoms with van der Waals surface area (Å²) in [6.07, 6.45) is 1.26. The van der Waals surface area contributed by atoms with Gasteiger partial charge >= 0.3 is 0 Å². The Morgan fingerprint density at radius 1 is 1.09 bits per heavy atom. The fourth-order valence-corrected chi connectivity index (χ4v) is 2.31. The zero-order chi connectivity index (χ0) is 16.6. The Bertz CT molecular complexity index is 838. The van der Waals surface area contributed by atoms with E-state index >= 15 is 0 Å². The van der Waals surface area contributed by atoms with Gasteiger partial charge in [-0.25, -0.2) is 0 Å². The SMILES string of the molecule is Cc1ccc(/C=N\N2C(=O)c3ccccc3C2=O)cc1[N+](=O)[O-]. The number of aryl methyl sites for hydroxylation is 1. The molecule has 0 saturated heterocycles. The number of benzene rings is 2. The van der Waals surface area contributed by atoms with Crippen LogP contribution in [0.15, 0.2) is 47.6 Å². The van der Waals surface area contributed by atoms with Crippen LogP contribution in [0.3, 0.4) is 0 Å². The molecule has 3 rings (SSSR count). The lowest BCUT2D eigenvalue weighted by Gasteiger charge is -2.05. The number of hydrazone groups is 1. The monoisotopic (exact) mass is 309 g/mol. The summed E-state index contributed by atoms with van der Waals surface area (Å²) in [6, 6.07) is 11.0. The molecule has 0 aliphatic carbocycles. The minimum Gasteiger partial charge on any atom is -0.267 e. The summed E-state index contributed by atoms with van der Waals surface area (Å²) in [6.45, 7) is 1.63. The molecule has 2 aromatic rings. The number of nitro benzene ring substituents is 1. The van der Waals surface area contributed by atoms with E-state index in [0.29, 0.717) is 22.3 Å². The predicted molar refractivity (Wildman–Crippen MR) is 82.4 cm³/mol. The number of hydrogen-bond acceptors (Lipinski definition) is 5. The Kier molecular flexibility index (Phi) is 3.46. The van der Waals surface area contributed by atoms with Gasteiger partial charge in [-0.3, -0.25) is 19.7 Å². The summed E-state index contributed by atoms with van der Waals surface area (Å²) in [5.41, 5.74) is 1.50. The Hall–Kier alpha value is -3.35. The molecular weight excluding hydrogens is 298 g/mol. The van der Waals surface area contributed by atoms with Gasteiger partial charge in [0.2, 0.25) is 0 Å². The summed E-state index contributed by atoms with van der Waals surface area (Å²) in [5.74, 6) is -1.02. The molecule has 7 heteroatoms. The third kappa shape index (κ3) is 2.48.